The third-order valence-electron chi connectivity index (χ3n) is 3.41. The summed E-state index contributed by atoms with van der Waals surface area (Å²) in [4.78, 5) is 12.1. The Morgan fingerprint density at radius 3 is 2.81 bits per heavy atom. The second-order valence-corrected chi connectivity index (χ2v) is 4.91. The van der Waals surface area contributed by atoms with Crippen molar-refractivity contribution in [3.05, 3.63) is 59.7 Å². The van der Waals surface area contributed by atoms with Crippen LogP contribution in [0.15, 0.2) is 48.5 Å². The summed E-state index contributed by atoms with van der Waals surface area (Å²) in [7, 11) is 1.83. The highest BCUT2D eigenvalue weighted by atomic mass is 16.1. The molecule has 0 spiro atoms. The second-order valence-electron chi connectivity index (χ2n) is 4.91. The average Bonchev–Trinajstić information content (AvgIpc) is 2.89. The Morgan fingerprint density at radius 1 is 1.19 bits per heavy atom. The zero-order valence-electron chi connectivity index (χ0n) is 11.8. The zero-order valence-corrected chi connectivity index (χ0v) is 11.8. The molecule has 106 valence electrons. The number of carbonyl (C=O) groups excluding carboxylic acids is 1. The predicted molar refractivity (Wildman–Crippen MR) is 81.0 cm³/mol. The molecule has 0 saturated heterocycles. The molecule has 5 nitrogen and oxygen atoms in total. The Kier molecular flexibility index (Phi) is 3.64. The summed E-state index contributed by atoms with van der Waals surface area (Å²) in [6.45, 7) is 0.612. The van der Waals surface area contributed by atoms with Gasteiger partial charge in [-0.05, 0) is 30.2 Å². The fourth-order valence-corrected chi connectivity index (χ4v) is 2.25. The summed E-state index contributed by atoms with van der Waals surface area (Å²) >= 11 is 0. The van der Waals surface area contributed by atoms with Gasteiger partial charge in [-0.3, -0.25) is 4.79 Å². The Morgan fingerprint density at radius 2 is 2.00 bits per heavy atom. The van der Waals surface area contributed by atoms with Gasteiger partial charge in [0.1, 0.15) is 5.52 Å². The molecule has 0 aliphatic carbocycles. The predicted octanol–water partition coefficient (Wildman–Crippen LogP) is 1.94. The van der Waals surface area contributed by atoms with E-state index >= 15 is 0 Å². The van der Waals surface area contributed by atoms with Gasteiger partial charge in [0, 0.05) is 19.2 Å². The van der Waals surface area contributed by atoms with Crippen LogP contribution in [-0.4, -0.2) is 27.4 Å². The molecule has 0 aliphatic rings. The number of carbonyl (C=O) groups is 1. The van der Waals surface area contributed by atoms with Gasteiger partial charge in [0.2, 0.25) is 0 Å². The van der Waals surface area contributed by atoms with Crippen molar-refractivity contribution in [2.45, 2.75) is 6.42 Å². The molecule has 1 aromatic heterocycles. The fourth-order valence-electron chi connectivity index (χ4n) is 2.25. The molecule has 21 heavy (non-hydrogen) atoms. The van der Waals surface area contributed by atoms with E-state index in [9.17, 15) is 4.79 Å². The van der Waals surface area contributed by atoms with Crippen LogP contribution in [0, 0.1) is 0 Å². The molecule has 0 unspecified atom stereocenters. The third kappa shape index (κ3) is 2.91. The van der Waals surface area contributed by atoms with Gasteiger partial charge in [-0.25, -0.2) is 4.68 Å². The first-order chi connectivity index (χ1) is 10.2. The van der Waals surface area contributed by atoms with Crippen molar-refractivity contribution in [1.29, 1.82) is 0 Å². The Balaban J connectivity index is 1.64. The lowest BCUT2D eigenvalue weighted by atomic mass is 10.1. The molecule has 5 heteroatoms. The fraction of sp³-hybridized carbons (Fsp3) is 0.188. The lowest BCUT2D eigenvalue weighted by Gasteiger charge is -2.05. The van der Waals surface area contributed by atoms with Crippen molar-refractivity contribution in [2.24, 2.45) is 7.05 Å². The van der Waals surface area contributed by atoms with Gasteiger partial charge >= 0.3 is 0 Å². The number of hydrogen-bond donors (Lipinski definition) is 1. The van der Waals surface area contributed by atoms with Crippen LogP contribution in [-0.2, 0) is 13.5 Å². The summed E-state index contributed by atoms with van der Waals surface area (Å²) < 4.78 is 1.69. The van der Waals surface area contributed by atoms with E-state index in [0.717, 1.165) is 17.5 Å². The van der Waals surface area contributed by atoms with E-state index in [1.54, 1.807) is 16.8 Å². The van der Waals surface area contributed by atoms with E-state index in [0.29, 0.717) is 12.1 Å². The number of nitrogens with one attached hydrogen (secondary N) is 1. The van der Waals surface area contributed by atoms with Crippen molar-refractivity contribution < 1.29 is 4.79 Å². The summed E-state index contributed by atoms with van der Waals surface area (Å²) in [5.41, 5.74) is 3.46. The molecule has 0 atom stereocenters. The molecule has 2 aromatic carbocycles. The number of benzene rings is 2. The highest BCUT2D eigenvalue weighted by Gasteiger charge is 2.08. The molecule has 1 N–H and O–H groups in total. The van der Waals surface area contributed by atoms with Crippen molar-refractivity contribution in [1.82, 2.24) is 20.3 Å². The number of rotatable bonds is 4. The first-order valence-corrected chi connectivity index (χ1v) is 6.85. The third-order valence-corrected chi connectivity index (χ3v) is 3.41. The van der Waals surface area contributed by atoms with Gasteiger partial charge in [-0.1, -0.05) is 35.5 Å². The summed E-state index contributed by atoms with van der Waals surface area (Å²) in [6, 6.07) is 15.5. The first kappa shape index (κ1) is 13.3. The topological polar surface area (TPSA) is 59.8 Å². The van der Waals surface area contributed by atoms with E-state index in [1.165, 1.54) is 5.56 Å². The normalized spacial score (nSPS) is 10.7. The number of fused-ring (bicyclic) bond motifs is 1. The molecule has 1 heterocycles. The lowest BCUT2D eigenvalue weighted by Crippen LogP contribution is -2.25. The first-order valence-electron chi connectivity index (χ1n) is 6.85. The maximum atomic E-state index is 12.1. The van der Waals surface area contributed by atoms with Crippen LogP contribution in [0.3, 0.4) is 0 Å². The van der Waals surface area contributed by atoms with Gasteiger partial charge < -0.3 is 5.32 Å². The molecule has 0 saturated carbocycles. The number of aryl methyl sites for hydroxylation is 1. The molecule has 1 amide bonds. The number of aromatic nitrogens is 3. The minimum Gasteiger partial charge on any atom is -0.352 e. The molecule has 0 radical (unpaired) electrons. The molecule has 0 fully saturated rings. The SMILES string of the molecule is Cn1nnc2cc(C(=O)NCCc3ccccc3)ccc21. The van der Waals surface area contributed by atoms with Crippen LogP contribution in [0.5, 0.6) is 0 Å². The number of hydrogen-bond acceptors (Lipinski definition) is 3. The van der Waals surface area contributed by atoms with E-state index in [4.69, 9.17) is 0 Å². The number of nitrogens with zero attached hydrogens (tertiary/aromatic N) is 3. The zero-order chi connectivity index (χ0) is 14.7. The monoisotopic (exact) mass is 280 g/mol. The van der Waals surface area contributed by atoms with Crippen LogP contribution >= 0.6 is 0 Å². The van der Waals surface area contributed by atoms with Crippen LogP contribution in [0.1, 0.15) is 15.9 Å². The minimum atomic E-state index is -0.0847. The number of amides is 1. The van der Waals surface area contributed by atoms with Crippen LogP contribution < -0.4 is 5.32 Å². The van der Waals surface area contributed by atoms with Crippen molar-refractivity contribution >= 4 is 16.9 Å². The Labute approximate surface area is 122 Å². The maximum absolute atomic E-state index is 12.1. The standard InChI is InChI=1S/C16H16N4O/c1-20-15-8-7-13(11-14(15)18-19-20)16(21)17-10-9-12-5-3-2-4-6-12/h2-8,11H,9-10H2,1H3,(H,17,21). The van der Waals surface area contributed by atoms with E-state index < -0.39 is 0 Å². The van der Waals surface area contributed by atoms with Gasteiger partial charge in [0.25, 0.3) is 5.91 Å². The van der Waals surface area contributed by atoms with Crippen molar-refractivity contribution in [2.75, 3.05) is 6.54 Å². The summed E-state index contributed by atoms with van der Waals surface area (Å²) in [5.74, 6) is -0.0847. The molecule has 0 aliphatic heterocycles. The molecule has 0 bridgehead atoms. The minimum absolute atomic E-state index is 0.0847. The highest BCUT2D eigenvalue weighted by Crippen LogP contribution is 2.12. The van der Waals surface area contributed by atoms with Crippen LogP contribution in [0.2, 0.25) is 0 Å². The van der Waals surface area contributed by atoms with Gasteiger partial charge in [-0.2, -0.15) is 0 Å². The maximum Gasteiger partial charge on any atom is 0.251 e. The van der Waals surface area contributed by atoms with Gasteiger partial charge in [-0.15, -0.1) is 5.10 Å². The van der Waals surface area contributed by atoms with Gasteiger partial charge in [0.15, 0.2) is 0 Å². The Hall–Kier alpha value is -2.69. The molecular formula is C16H16N4O. The summed E-state index contributed by atoms with van der Waals surface area (Å²) in [5, 5.41) is 10.9. The Bertz CT molecular complexity index is 764. The highest BCUT2D eigenvalue weighted by molar-refractivity contribution is 5.97. The molecular weight excluding hydrogens is 264 g/mol. The van der Waals surface area contributed by atoms with Crippen molar-refractivity contribution in [3.8, 4) is 0 Å². The molecule has 3 rings (SSSR count). The average molecular weight is 280 g/mol. The van der Waals surface area contributed by atoms with Crippen molar-refractivity contribution in [3.63, 3.8) is 0 Å². The smallest absolute Gasteiger partial charge is 0.251 e. The largest absolute Gasteiger partial charge is 0.352 e. The van der Waals surface area contributed by atoms with Gasteiger partial charge in [0.05, 0.1) is 5.52 Å². The van der Waals surface area contributed by atoms with Crippen LogP contribution in [0.4, 0.5) is 0 Å². The van der Waals surface area contributed by atoms with E-state index in [-0.39, 0.29) is 5.91 Å². The molecule has 3 aromatic rings. The lowest BCUT2D eigenvalue weighted by molar-refractivity contribution is 0.0954. The van der Waals surface area contributed by atoms with Crippen LogP contribution in [0.25, 0.3) is 11.0 Å². The summed E-state index contributed by atoms with van der Waals surface area (Å²) in [6.07, 6.45) is 0.819. The second kappa shape index (κ2) is 5.75. The van der Waals surface area contributed by atoms with E-state index in [1.807, 2.05) is 31.3 Å². The quantitative estimate of drug-likeness (QED) is 0.794. The van der Waals surface area contributed by atoms with E-state index in [2.05, 4.69) is 27.8 Å².